The lowest BCUT2D eigenvalue weighted by Crippen LogP contribution is -2.16. The van der Waals surface area contributed by atoms with Gasteiger partial charge in [0.15, 0.2) is 7.34 Å². The van der Waals surface area contributed by atoms with Crippen LogP contribution in [0.4, 0.5) is 5.69 Å². The quantitative estimate of drug-likeness (QED) is 0.214. The molecule has 3 aromatic carbocycles. The zero-order chi connectivity index (χ0) is 23.3. The normalized spacial score (nSPS) is 15.0. The smallest absolute Gasteiger partial charge is 0.269 e. The molecule has 3 aromatic rings. The monoisotopic (exact) mass is 460 g/mol. The Hall–Kier alpha value is -3.31. The molecule has 0 atom stereocenters. The Morgan fingerprint density at radius 2 is 1.33 bits per heavy atom. The van der Waals surface area contributed by atoms with Crippen LogP contribution in [0.15, 0.2) is 89.9 Å². The number of non-ortho nitro benzene ring substituents is 1. The van der Waals surface area contributed by atoms with E-state index in [1.165, 1.54) is 12.1 Å². The summed E-state index contributed by atoms with van der Waals surface area (Å²) < 4.78 is 12.7. The highest BCUT2D eigenvalue weighted by Crippen LogP contribution is 2.57. The first-order valence-electron chi connectivity index (χ1n) is 10.8. The Balaban J connectivity index is 2.03. The number of aliphatic imine (C=N–C) groups is 1. The fourth-order valence-electron chi connectivity index (χ4n) is 3.77. The van der Waals surface area contributed by atoms with E-state index >= 15 is 0 Å². The number of nitrogens with zero attached hydrogens (tertiary/aromatic N) is 2. The summed E-state index contributed by atoms with van der Waals surface area (Å²) in [5, 5.41) is 11.2. The zero-order valence-corrected chi connectivity index (χ0v) is 19.4. The highest BCUT2D eigenvalue weighted by Gasteiger charge is 2.33. The Morgan fingerprint density at radius 1 is 0.788 bits per heavy atom. The molecule has 0 fully saturated rings. The number of allylic oxidation sites excluding steroid dienone is 1. The van der Waals surface area contributed by atoms with Crippen LogP contribution in [0.5, 0.6) is 0 Å². The molecule has 0 amide bonds. The summed E-state index contributed by atoms with van der Waals surface area (Å²) in [6.07, 6.45) is 0. The molecule has 6 nitrogen and oxygen atoms in total. The van der Waals surface area contributed by atoms with E-state index in [-0.39, 0.29) is 5.69 Å². The number of hydrogen-bond acceptors (Lipinski definition) is 5. The molecular weight excluding hydrogens is 435 g/mol. The van der Waals surface area contributed by atoms with E-state index < -0.39 is 12.3 Å². The van der Waals surface area contributed by atoms with Crippen molar-refractivity contribution in [2.45, 2.75) is 13.8 Å². The van der Waals surface area contributed by atoms with Gasteiger partial charge < -0.3 is 9.05 Å². The number of rotatable bonds is 8. The van der Waals surface area contributed by atoms with Crippen LogP contribution in [-0.4, -0.2) is 29.4 Å². The van der Waals surface area contributed by atoms with Crippen molar-refractivity contribution in [2.24, 2.45) is 4.99 Å². The molecule has 4 rings (SSSR count). The fourth-order valence-corrected chi connectivity index (χ4v) is 6.48. The van der Waals surface area contributed by atoms with Crippen LogP contribution in [0.3, 0.4) is 0 Å². The van der Waals surface area contributed by atoms with Gasteiger partial charge in [-0.2, -0.15) is 0 Å². The van der Waals surface area contributed by atoms with Gasteiger partial charge in [-0.3, -0.25) is 10.1 Å². The van der Waals surface area contributed by atoms with Gasteiger partial charge in [0.1, 0.15) is 5.45 Å². The molecule has 33 heavy (non-hydrogen) atoms. The maximum absolute atomic E-state index is 11.2. The van der Waals surface area contributed by atoms with Gasteiger partial charge in [-0.05, 0) is 31.5 Å². The van der Waals surface area contributed by atoms with Gasteiger partial charge in [-0.25, -0.2) is 4.99 Å². The fraction of sp³-hybridized carbons (Fsp3) is 0.154. The summed E-state index contributed by atoms with van der Waals surface area (Å²) in [6, 6.07) is 26.3. The number of nitro groups is 1. The summed E-state index contributed by atoms with van der Waals surface area (Å²) in [5.41, 5.74) is 5.10. The maximum atomic E-state index is 11.2. The number of hydrogen-bond donors (Lipinski definition) is 0. The van der Waals surface area contributed by atoms with E-state index in [4.69, 9.17) is 14.0 Å². The molecule has 1 aliphatic rings. The van der Waals surface area contributed by atoms with Crippen molar-refractivity contribution in [3.63, 3.8) is 0 Å². The van der Waals surface area contributed by atoms with E-state index in [9.17, 15) is 10.1 Å². The highest BCUT2D eigenvalue weighted by molar-refractivity contribution is 7.83. The van der Waals surface area contributed by atoms with E-state index in [2.05, 4.69) is 5.80 Å². The molecular formula is C26H25N2O4P. The molecule has 0 N–H and O–H groups in total. The van der Waals surface area contributed by atoms with Gasteiger partial charge in [0.25, 0.3) is 5.69 Å². The first-order chi connectivity index (χ1) is 16.1. The van der Waals surface area contributed by atoms with Crippen molar-refractivity contribution in [2.75, 3.05) is 13.2 Å². The molecule has 0 spiro atoms. The molecule has 0 bridgehead atoms. The van der Waals surface area contributed by atoms with E-state index in [1.807, 2.05) is 74.5 Å². The van der Waals surface area contributed by atoms with Crippen molar-refractivity contribution in [3.05, 3.63) is 112 Å². The van der Waals surface area contributed by atoms with Crippen LogP contribution in [-0.2, 0) is 9.05 Å². The minimum atomic E-state index is -2.67. The minimum Gasteiger partial charge on any atom is -0.333 e. The van der Waals surface area contributed by atoms with Crippen LogP contribution in [0.1, 0.15) is 30.5 Å². The second-order valence-electron chi connectivity index (χ2n) is 7.30. The Morgan fingerprint density at radius 3 is 1.85 bits per heavy atom. The average Bonchev–Trinajstić information content (AvgIpc) is 2.85. The molecule has 0 unspecified atom stereocenters. The summed E-state index contributed by atoms with van der Waals surface area (Å²) in [7, 11) is -2.67. The van der Waals surface area contributed by atoms with Gasteiger partial charge in [0.05, 0.1) is 23.8 Å². The summed E-state index contributed by atoms with van der Waals surface area (Å²) in [6.45, 7) is 4.86. The lowest BCUT2D eigenvalue weighted by Gasteiger charge is -2.31. The molecule has 1 heterocycles. The summed E-state index contributed by atoms with van der Waals surface area (Å²) >= 11 is 0. The van der Waals surface area contributed by atoms with E-state index in [0.717, 1.165) is 33.4 Å². The summed E-state index contributed by atoms with van der Waals surface area (Å²) in [5.74, 6) is 2.08. The molecule has 0 saturated carbocycles. The molecule has 0 radical (unpaired) electrons. The third kappa shape index (κ3) is 4.74. The van der Waals surface area contributed by atoms with Crippen molar-refractivity contribution in [3.8, 4) is 0 Å². The third-order valence-corrected chi connectivity index (χ3v) is 8.01. The van der Waals surface area contributed by atoms with Crippen LogP contribution in [0.25, 0.3) is 11.3 Å². The van der Waals surface area contributed by atoms with Crippen molar-refractivity contribution in [1.29, 1.82) is 0 Å². The standard InChI is InChI=1S/C26H25N2O4P/c1-3-31-33(32-4-2)19-24(20-11-7-5-8-12-20)25(21-15-17-23(18-16-21)28(29)30)27-26(33)22-13-9-6-10-14-22/h5-19H,3-4H2,1-2H3. The highest BCUT2D eigenvalue weighted by atomic mass is 31.2. The second kappa shape index (κ2) is 10.1. The van der Waals surface area contributed by atoms with Crippen LogP contribution < -0.4 is 0 Å². The SMILES string of the molecule is CCOP1(OCC)=CC(c2ccccc2)=C(c2ccc([N+](=O)[O-])cc2)N=C1c1ccccc1. The predicted molar refractivity (Wildman–Crippen MR) is 136 cm³/mol. The lowest BCUT2D eigenvalue weighted by molar-refractivity contribution is -0.384. The first-order valence-corrected chi connectivity index (χ1v) is 12.5. The van der Waals surface area contributed by atoms with E-state index in [1.54, 1.807) is 12.1 Å². The van der Waals surface area contributed by atoms with E-state index in [0.29, 0.717) is 13.2 Å². The third-order valence-electron chi connectivity index (χ3n) is 5.18. The topological polar surface area (TPSA) is 74.0 Å². The average molecular weight is 460 g/mol. The van der Waals surface area contributed by atoms with Gasteiger partial charge >= 0.3 is 0 Å². The Labute approximate surface area is 193 Å². The second-order valence-corrected chi connectivity index (χ2v) is 9.69. The summed E-state index contributed by atoms with van der Waals surface area (Å²) in [4.78, 5) is 15.9. The van der Waals surface area contributed by atoms with Crippen LogP contribution in [0, 0.1) is 10.1 Å². The number of benzene rings is 3. The molecule has 1 aliphatic heterocycles. The van der Waals surface area contributed by atoms with Crippen molar-refractivity contribution < 1.29 is 14.0 Å². The van der Waals surface area contributed by atoms with Crippen molar-refractivity contribution in [1.82, 2.24) is 0 Å². The minimum absolute atomic E-state index is 0.0399. The van der Waals surface area contributed by atoms with Crippen LogP contribution >= 0.6 is 7.34 Å². The van der Waals surface area contributed by atoms with Crippen molar-refractivity contribution >= 4 is 35.5 Å². The molecule has 0 aromatic heterocycles. The van der Waals surface area contributed by atoms with Gasteiger partial charge in [0.2, 0.25) is 0 Å². The van der Waals surface area contributed by atoms with Gasteiger partial charge in [-0.15, -0.1) is 0 Å². The first kappa shape index (κ1) is 22.9. The number of nitro benzene ring substituents is 1. The molecule has 0 aliphatic carbocycles. The Kier molecular flexibility index (Phi) is 6.99. The Bertz CT molecular complexity index is 1240. The maximum Gasteiger partial charge on any atom is 0.269 e. The van der Waals surface area contributed by atoms with Gasteiger partial charge in [-0.1, -0.05) is 60.7 Å². The molecule has 0 saturated heterocycles. The molecule has 168 valence electrons. The lowest BCUT2D eigenvalue weighted by atomic mass is 10.0. The van der Waals surface area contributed by atoms with Gasteiger partial charge in [0, 0.05) is 34.6 Å². The molecule has 7 heteroatoms. The predicted octanol–water partition coefficient (Wildman–Crippen LogP) is 6.65. The zero-order valence-electron chi connectivity index (χ0n) is 18.5. The largest absolute Gasteiger partial charge is 0.333 e. The van der Waals surface area contributed by atoms with Crippen LogP contribution in [0.2, 0.25) is 0 Å².